The number of imide groups is 1. The summed E-state index contributed by atoms with van der Waals surface area (Å²) in [5, 5.41) is 8.70. The molecular weight excluding hydrogens is 332 g/mol. The number of anilines is 1. The van der Waals surface area contributed by atoms with E-state index in [2.05, 4.69) is 4.72 Å². The van der Waals surface area contributed by atoms with E-state index in [0.717, 1.165) is 4.90 Å². The molecule has 8 heteroatoms. The molecule has 0 bridgehead atoms. The van der Waals surface area contributed by atoms with Crippen molar-refractivity contribution in [3.63, 3.8) is 0 Å². The molecule has 0 fully saturated rings. The lowest BCUT2D eigenvalue weighted by atomic mass is 10.1. The highest BCUT2D eigenvalue weighted by molar-refractivity contribution is 7.89. The fourth-order valence-electron chi connectivity index (χ4n) is 2.46. The Kier molecular flexibility index (Phi) is 4.18. The van der Waals surface area contributed by atoms with Crippen molar-refractivity contribution in [3.8, 4) is 0 Å². The molecule has 0 atom stereocenters. The average molecular weight is 346 g/mol. The van der Waals surface area contributed by atoms with Gasteiger partial charge in [-0.15, -0.1) is 0 Å². The highest BCUT2D eigenvalue weighted by atomic mass is 32.2. The van der Waals surface area contributed by atoms with Crippen LogP contribution in [0.3, 0.4) is 0 Å². The van der Waals surface area contributed by atoms with Gasteiger partial charge >= 0.3 is 0 Å². The van der Waals surface area contributed by atoms with Crippen LogP contribution in [0.5, 0.6) is 0 Å². The van der Waals surface area contributed by atoms with Crippen molar-refractivity contribution < 1.29 is 23.1 Å². The van der Waals surface area contributed by atoms with E-state index in [1.54, 1.807) is 24.3 Å². The summed E-state index contributed by atoms with van der Waals surface area (Å²) in [4.78, 5) is 25.8. The fraction of sp³-hybridized carbons (Fsp3) is 0.125. The van der Waals surface area contributed by atoms with Crippen molar-refractivity contribution in [3.05, 3.63) is 59.7 Å². The van der Waals surface area contributed by atoms with Crippen molar-refractivity contribution in [2.75, 3.05) is 18.1 Å². The van der Waals surface area contributed by atoms with Gasteiger partial charge in [0.1, 0.15) is 0 Å². The number of rotatable bonds is 5. The molecule has 0 radical (unpaired) electrons. The van der Waals surface area contributed by atoms with Crippen molar-refractivity contribution >= 4 is 27.5 Å². The summed E-state index contributed by atoms with van der Waals surface area (Å²) < 4.78 is 26.1. The number of carbonyl (C=O) groups excluding carboxylic acids is 2. The Labute approximate surface area is 138 Å². The molecule has 1 aliphatic heterocycles. The zero-order chi connectivity index (χ0) is 17.3. The largest absolute Gasteiger partial charge is 0.395 e. The summed E-state index contributed by atoms with van der Waals surface area (Å²) in [5.41, 5.74) is 0.940. The minimum Gasteiger partial charge on any atom is -0.395 e. The lowest BCUT2D eigenvalue weighted by Gasteiger charge is -2.14. The number of amides is 2. The third-order valence-electron chi connectivity index (χ3n) is 3.60. The van der Waals surface area contributed by atoms with Gasteiger partial charge in [-0.05, 0) is 36.4 Å². The minimum absolute atomic E-state index is 0.0173. The molecule has 2 aromatic carbocycles. The normalized spacial score (nSPS) is 14.1. The third kappa shape index (κ3) is 2.71. The molecule has 124 valence electrons. The van der Waals surface area contributed by atoms with E-state index in [1.165, 1.54) is 24.3 Å². The highest BCUT2D eigenvalue weighted by Crippen LogP contribution is 2.28. The molecule has 2 amide bonds. The molecule has 1 heterocycles. The Morgan fingerprint density at radius 1 is 0.917 bits per heavy atom. The summed E-state index contributed by atoms with van der Waals surface area (Å²) in [6, 6.07) is 11.9. The smallest absolute Gasteiger partial charge is 0.266 e. The lowest BCUT2D eigenvalue weighted by molar-refractivity contribution is 0.0926. The Hall–Kier alpha value is -2.55. The van der Waals surface area contributed by atoms with Gasteiger partial charge in [0.2, 0.25) is 10.0 Å². The van der Waals surface area contributed by atoms with Gasteiger partial charge in [-0.3, -0.25) is 9.59 Å². The minimum atomic E-state index is -3.74. The Morgan fingerprint density at radius 3 is 1.96 bits per heavy atom. The number of nitrogens with zero attached hydrogens (tertiary/aromatic N) is 1. The number of fused-ring (bicyclic) bond motifs is 1. The van der Waals surface area contributed by atoms with Crippen LogP contribution in [-0.4, -0.2) is 38.5 Å². The zero-order valence-corrected chi connectivity index (χ0v) is 13.3. The molecule has 24 heavy (non-hydrogen) atoms. The summed E-state index contributed by atoms with van der Waals surface area (Å²) in [7, 11) is -3.74. The second kappa shape index (κ2) is 6.16. The van der Waals surface area contributed by atoms with Crippen molar-refractivity contribution in [1.82, 2.24) is 4.72 Å². The van der Waals surface area contributed by atoms with Crippen LogP contribution in [0.4, 0.5) is 5.69 Å². The first kappa shape index (κ1) is 16.3. The summed E-state index contributed by atoms with van der Waals surface area (Å²) >= 11 is 0. The van der Waals surface area contributed by atoms with E-state index in [4.69, 9.17) is 5.11 Å². The number of carbonyl (C=O) groups is 2. The van der Waals surface area contributed by atoms with Gasteiger partial charge in [0.05, 0.1) is 28.3 Å². The molecule has 7 nitrogen and oxygen atoms in total. The first-order chi connectivity index (χ1) is 11.5. The summed E-state index contributed by atoms with van der Waals surface area (Å²) in [6.45, 7) is -0.408. The first-order valence-corrected chi connectivity index (χ1v) is 8.62. The van der Waals surface area contributed by atoms with Gasteiger partial charge in [0.15, 0.2) is 0 Å². The maximum atomic E-state index is 12.4. The number of nitrogens with one attached hydrogen (secondary N) is 1. The number of hydrogen-bond acceptors (Lipinski definition) is 5. The summed E-state index contributed by atoms with van der Waals surface area (Å²) in [5.74, 6) is -0.880. The standard InChI is InChI=1S/C16H14N2O5S/c19-10-9-17-24(22,23)12-7-5-11(6-8-12)18-15(20)13-3-1-2-4-14(13)16(18)21/h1-8,17,19H,9-10H2. The van der Waals surface area contributed by atoms with Gasteiger partial charge in [0, 0.05) is 6.54 Å². The van der Waals surface area contributed by atoms with E-state index in [1.807, 2.05) is 0 Å². The van der Waals surface area contributed by atoms with Crippen LogP contribution in [0.15, 0.2) is 53.4 Å². The van der Waals surface area contributed by atoms with Gasteiger partial charge in [0.25, 0.3) is 11.8 Å². The number of hydrogen-bond donors (Lipinski definition) is 2. The molecule has 3 rings (SSSR count). The van der Waals surface area contributed by atoms with Gasteiger partial charge in [-0.2, -0.15) is 0 Å². The number of benzene rings is 2. The maximum absolute atomic E-state index is 12.4. The molecule has 0 aliphatic carbocycles. The maximum Gasteiger partial charge on any atom is 0.266 e. The monoisotopic (exact) mass is 346 g/mol. The Bertz CT molecular complexity index is 871. The number of aliphatic hydroxyl groups is 1. The van der Waals surface area contributed by atoms with Crippen molar-refractivity contribution in [2.24, 2.45) is 0 Å². The van der Waals surface area contributed by atoms with Gasteiger partial charge < -0.3 is 5.11 Å². The van der Waals surface area contributed by atoms with Crippen LogP contribution in [0.25, 0.3) is 0 Å². The van der Waals surface area contributed by atoms with Crippen LogP contribution in [0, 0.1) is 0 Å². The third-order valence-corrected chi connectivity index (χ3v) is 5.08. The summed E-state index contributed by atoms with van der Waals surface area (Å²) in [6.07, 6.45) is 0. The van der Waals surface area contributed by atoms with Crippen LogP contribution in [-0.2, 0) is 10.0 Å². The Morgan fingerprint density at radius 2 is 1.46 bits per heavy atom. The fourth-order valence-corrected chi connectivity index (χ4v) is 3.48. The zero-order valence-electron chi connectivity index (χ0n) is 12.5. The molecule has 2 aromatic rings. The van der Waals surface area contributed by atoms with E-state index in [-0.39, 0.29) is 18.0 Å². The first-order valence-electron chi connectivity index (χ1n) is 7.14. The van der Waals surface area contributed by atoms with E-state index >= 15 is 0 Å². The Balaban J connectivity index is 1.90. The predicted octanol–water partition coefficient (Wildman–Crippen LogP) is 0.758. The molecule has 0 aromatic heterocycles. The van der Waals surface area contributed by atoms with Crippen LogP contribution in [0.2, 0.25) is 0 Å². The van der Waals surface area contributed by atoms with Gasteiger partial charge in [-0.25, -0.2) is 18.0 Å². The molecule has 0 spiro atoms. The van der Waals surface area contributed by atoms with Crippen LogP contribution in [0.1, 0.15) is 20.7 Å². The van der Waals surface area contributed by atoms with Crippen molar-refractivity contribution in [1.29, 1.82) is 0 Å². The van der Waals surface area contributed by atoms with Gasteiger partial charge in [-0.1, -0.05) is 12.1 Å². The lowest BCUT2D eigenvalue weighted by Crippen LogP contribution is -2.29. The molecule has 2 N–H and O–H groups in total. The van der Waals surface area contributed by atoms with E-state index in [9.17, 15) is 18.0 Å². The van der Waals surface area contributed by atoms with E-state index in [0.29, 0.717) is 16.8 Å². The predicted molar refractivity (Wildman–Crippen MR) is 86.3 cm³/mol. The van der Waals surface area contributed by atoms with Crippen LogP contribution >= 0.6 is 0 Å². The molecule has 0 saturated heterocycles. The quantitative estimate of drug-likeness (QED) is 0.778. The topological polar surface area (TPSA) is 104 Å². The molecule has 1 aliphatic rings. The highest BCUT2D eigenvalue weighted by Gasteiger charge is 2.36. The average Bonchev–Trinajstić information content (AvgIpc) is 2.85. The second-order valence-electron chi connectivity index (χ2n) is 5.11. The second-order valence-corrected chi connectivity index (χ2v) is 6.87. The van der Waals surface area contributed by atoms with Crippen LogP contribution < -0.4 is 9.62 Å². The van der Waals surface area contributed by atoms with E-state index < -0.39 is 21.8 Å². The SMILES string of the molecule is O=C1c2ccccc2C(=O)N1c1ccc(S(=O)(=O)NCCO)cc1. The van der Waals surface area contributed by atoms with Crippen molar-refractivity contribution in [2.45, 2.75) is 4.90 Å². The number of aliphatic hydroxyl groups excluding tert-OH is 1. The number of sulfonamides is 1. The molecule has 0 saturated carbocycles. The molecular formula is C16H14N2O5S. The molecule has 0 unspecified atom stereocenters.